The number of hydrogen-bond acceptors (Lipinski definition) is 4. The van der Waals surface area contributed by atoms with Crippen LogP contribution in [0.3, 0.4) is 0 Å². The summed E-state index contributed by atoms with van der Waals surface area (Å²) in [5, 5.41) is 14.4. The van der Waals surface area contributed by atoms with Gasteiger partial charge in [-0.15, -0.1) is 12.4 Å². The molecule has 0 unspecified atom stereocenters. The van der Waals surface area contributed by atoms with E-state index in [1.165, 1.54) is 12.1 Å². The van der Waals surface area contributed by atoms with Crippen LogP contribution < -0.4 is 5.32 Å². The number of rotatable bonds is 9. The highest BCUT2D eigenvalue weighted by Crippen LogP contribution is 2.21. The van der Waals surface area contributed by atoms with Crippen LogP contribution in [0.5, 0.6) is 0 Å². The Balaban J connectivity index is 0.00000400. The summed E-state index contributed by atoms with van der Waals surface area (Å²) in [6, 6.07) is 4.45. The average molecular weight is 337 g/mol. The van der Waals surface area contributed by atoms with E-state index in [1.807, 2.05) is 0 Å². The Morgan fingerprint density at radius 1 is 1.38 bits per heavy atom. The molecule has 0 amide bonds. The molecule has 0 heterocycles. The van der Waals surface area contributed by atoms with Crippen LogP contribution in [0.1, 0.15) is 25.8 Å². The van der Waals surface area contributed by atoms with E-state index in [4.69, 9.17) is 16.3 Å². The largest absolute Gasteiger partial charge is 0.380 e. The zero-order chi connectivity index (χ0) is 15.0. The van der Waals surface area contributed by atoms with Gasteiger partial charge in [0.05, 0.1) is 11.5 Å². The molecule has 1 aromatic carbocycles. The number of nitrogens with one attached hydrogen (secondary N) is 1. The first-order chi connectivity index (χ1) is 9.50. The minimum Gasteiger partial charge on any atom is -0.380 e. The third-order valence-corrected chi connectivity index (χ3v) is 3.19. The Morgan fingerprint density at radius 3 is 2.71 bits per heavy atom. The fourth-order valence-corrected chi connectivity index (χ4v) is 1.78. The van der Waals surface area contributed by atoms with Gasteiger partial charge >= 0.3 is 0 Å². The highest BCUT2D eigenvalue weighted by molar-refractivity contribution is 6.31. The maximum Gasteiger partial charge on any atom is 0.269 e. The topological polar surface area (TPSA) is 64.4 Å². The van der Waals surface area contributed by atoms with Crippen molar-refractivity contribution >= 4 is 29.7 Å². The molecular weight excluding hydrogens is 315 g/mol. The van der Waals surface area contributed by atoms with Gasteiger partial charge in [-0.2, -0.15) is 0 Å². The maximum absolute atomic E-state index is 10.7. The van der Waals surface area contributed by atoms with E-state index in [0.717, 1.165) is 18.6 Å². The van der Waals surface area contributed by atoms with Gasteiger partial charge in [0.2, 0.25) is 0 Å². The number of non-ortho nitro benzene ring substituents is 1. The van der Waals surface area contributed by atoms with Crippen LogP contribution in [-0.2, 0) is 11.3 Å². The number of hydrogen-bond donors (Lipinski definition) is 1. The number of benzene rings is 1. The first kappa shape index (κ1) is 20.1. The van der Waals surface area contributed by atoms with Crippen molar-refractivity contribution in [3.05, 3.63) is 38.9 Å². The van der Waals surface area contributed by atoms with Gasteiger partial charge in [0.25, 0.3) is 5.69 Å². The smallest absolute Gasteiger partial charge is 0.269 e. The molecule has 0 aromatic heterocycles. The lowest BCUT2D eigenvalue weighted by Crippen LogP contribution is -2.20. The molecular formula is C14H22Cl2N2O3. The lowest BCUT2D eigenvalue weighted by Gasteiger charge is -2.08. The molecule has 0 aliphatic rings. The van der Waals surface area contributed by atoms with Crippen molar-refractivity contribution in [1.82, 2.24) is 5.32 Å². The number of ether oxygens (including phenoxy) is 1. The molecule has 120 valence electrons. The Morgan fingerprint density at radius 2 is 2.10 bits per heavy atom. The molecule has 1 N–H and O–H groups in total. The van der Waals surface area contributed by atoms with Crippen LogP contribution in [0.15, 0.2) is 18.2 Å². The fourth-order valence-electron chi connectivity index (χ4n) is 1.60. The third kappa shape index (κ3) is 8.21. The van der Waals surface area contributed by atoms with E-state index in [9.17, 15) is 10.1 Å². The summed E-state index contributed by atoms with van der Waals surface area (Å²) in [6.45, 7) is 6.89. The van der Waals surface area contributed by atoms with Crippen molar-refractivity contribution < 1.29 is 9.66 Å². The molecule has 0 bridgehead atoms. The van der Waals surface area contributed by atoms with Gasteiger partial charge in [0.15, 0.2) is 0 Å². The van der Waals surface area contributed by atoms with E-state index in [2.05, 4.69) is 19.2 Å². The Labute approximate surface area is 136 Å². The second-order valence-corrected chi connectivity index (χ2v) is 5.41. The summed E-state index contributed by atoms with van der Waals surface area (Å²) in [5.41, 5.74) is 0.780. The van der Waals surface area contributed by atoms with Crippen LogP contribution in [0.4, 0.5) is 5.69 Å². The van der Waals surface area contributed by atoms with Crippen LogP contribution >= 0.6 is 24.0 Å². The molecule has 0 saturated heterocycles. The van der Waals surface area contributed by atoms with E-state index in [0.29, 0.717) is 30.6 Å². The van der Waals surface area contributed by atoms with Crippen LogP contribution in [0, 0.1) is 16.0 Å². The van der Waals surface area contributed by atoms with E-state index in [-0.39, 0.29) is 18.1 Å². The summed E-state index contributed by atoms with van der Waals surface area (Å²) in [7, 11) is 0. The van der Waals surface area contributed by atoms with Crippen LogP contribution in [0.25, 0.3) is 0 Å². The number of nitrogens with zero attached hydrogens (tertiary/aromatic N) is 1. The molecule has 0 saturated carbocycles. The van der Waals surface area contributed by atoms with Crippen molar-refractivity contribution in [2.75, 3.05) is 19.8 Å². The summed E-state index contributed by atoms with van der Waals surface area (Å²) >= 11 is 6.00. The monoisotopic (exact) mass is 336 g/mol. The van der Waals surface area contributed by atoms with Gasteiger partial charge in [-0.25, -0.2) is 0 Å². The molecule has 0 spiro atoms. The predicted octanol–water partition coefficient (Wildman–Crippen LogP) is 3.82. The van der Waals surface area contributed by atoms with Crippen molar-refractivity contribution in [2.45, 2.75) is 26.8 Å². The SMILES string of the molecule is CC(C)CCOCCNCc1cc([N+](=O)[O-])ccc1Cl.Cl. The van der Waals surface area contributed by atoms with Gasteiger partial charge in [-0.05, 0) is 24.0 Å². The summed E-state index contributed by atoms with van der Waals surface area (Å²) in [5.74, 6) is 0.645. The molecule has 5 nitrogen and oxygen atoms in total. The molecule has 7 heteroatoms. The molecule has 0 aliphatic heterocycles. The molecule has 0 radical (unpaired) electrons. The number of halogens is 2. The molecule has 0 aliphatic carbocycles. The predicted molar refractivity (Wildman–Crippen MR) is 87.3 cm³/mol. The minimum absolute atomic E-state index is 0. The Kier molecular flexibility index (Phi) is 10.3. The third-order valence-electron chi connectivity index (χ3n) is 2.82. The van der Waals surface area contributed by atoms with Gasteiger partial charge in [-0.3, -0.25) is 10.1 Å². The zero-order valence-corrected chi connectivity index (χ0v) is 13.9. The molecule has 0 fully saturated rings. The summed E-state index contributed by atoms with van der Waals surface area (Å²) < 4.78 is 5.47. The van der Waals surface area contributed by atoms with Gasteiger partial charge < -0.3 is 10.1 Å². The summed E-state index contributed by atoms with van der Waals surface area (Å²) in [6.07, 6.45) is 1.05. The molecule has 21 heavy (non-hydrogen) atoms. The van der Waals surface area contributed by atoms with Crippen molar-refractivity contribution in [3.63, 3.8) is 0 Å². The molecule has 1 aromatic rings. The fraction of sp³-hybridized carbons (Fsp3) is 0.571. The van der Waals surface area contributed by atoms with E-state index >= 15 is 0 Å². The van der Waals surface area contributed by atoms with Crippen molar-refractivity contribution in [3.8, 4) is 0 Å². The molecule has 0 atom stereocenters. The molecule has 1 rings (SSSR count). The number of nitro benzene ring substituents is 1. The zero-order valence-electron chi connectivity index (χ0n) is 12.3. The van der Waals surface area contributed by atoms with Crippen LogP contribution in [0.2, 0.25) is 5.02 Å². The van der Waals surface area contributed by atoms with Crippen molar-refractivity contribution in [1.29, 1.82) is 0 Å². The second kappa shape index (κ2) is 10.8. The van der Waals surface area contributed by atoms with Crippen molar-refractivity contribution in [2.24, 2.45) is 5.92 Å². The van der Waals surface area contributed by atoms with Gasteiger partial charge in [0.1, 0.15) is 0 Å². The van der Waals surface area contributed by atoms with E-state index < -0.39 is 4.92 Å². The first-order valence-corrected chi connectivity index (χ1v) is 7.09. The quantitative estimate of drug-likeness (QED) is 0.423. The lowest BCUT2D eigenvalue weighted by atomic mass is 10.1. The van der Waals surface area contributed by atoms with Gasteiger partial charge in [0, 0.05) is 36.9 Å². The highest BCUT2D eigenvalue weighted by Gasteiger charge is 2.09. The Hall–Kier alpha value is -0.880. The number of nitro groups is 1. The average Bonchev–Trinajstić information content (AvgIpc) is 2.38. The first-order valence-electron chi connectivity index (χ1n) is 6.72. The standard InChI is InChI=1S/C14H21ClN2O3.ClH/c1-11(2)5-7-20-8-6-16-10-12-9-13(17(18)19)3-4-14(12)15;/h3-4,9,11,16H,5-8,10H2,1-2H3;1H. The normalized spacial score (nSPS) is 10.5. The second-order valence-electron chi connectivity index (χ2n) is 5.00. The maximum atomic E-state index is 10.7. The van der Waals surface area contributed by atoms with E-state index in [1.54, 1.807) is 6.07 Å². The highest BCUT2D eigenvalue weighted by atomic mass is 35.5. The van der Waals surface area contributed by atoms with Crippen LogP contribution in [-0.4, -0.2) is 24.7 Å². The lowest BCUT2D eigenvalue weighted by molar-refractivity contribution is -0.384. The summed E-state index contributed by atoms with van der Waals surface area (Å²) in [4.78, 5) is 10.3. The Bertz CT molecular complexity index is 442. The minimum atomic E-state index is -0.422. The van der Waals surface area contributed by atoms with Gasteiger partial charge in [-0.1, -0.05) is 25.4 Å².